The molecule has 3 rings (SSSR count). The number of nitrogens with one attached hydrogen (secondary N) is 1. The molecule has 0 spiro atoms. The molecule has 0 amide bonds. The molecular weight excluding hydrogens is 457 g/mol. The van der Waals surface area contributed by atoms with Crippen molar-refractivity contribution in [2.75, 3.05) is 33.4 Å². The molecule has 1 atom stereocenters. The Hall–Kier alpha value is -1.32. The second-order valence-electron chi connectivity index (χ2n) is 6.94. The van der Waals surface area contributed by atoms with Gasteiger partial charge in [-0.15, -0.1) is 24.0 Å². The minimum absolute atomic E-state index is 0. The summed E-state index contributed by atoms with van der Waals surface area (Å²) in [6, 6.07) is 10.0. The zero-order valence-electron chi connectivity index (χ0n) is 16.1. The molecule has 1 heterocycles. The van der Waals surface area contributed by atoms with Crippen LogP contribution in [0.3, 0.4) is 0 Å². The molecule has 0 bridgehead atoms. The van der Waals surface area contributed by atoms with Gasteiger partial charge in [-0.3, -0.25) is 4.99 Å². The first kappa shape index (κ1) is 22.0. The number of ether oxygens (including phenoxy) is 1. The van der Waals surface area contributed by atoms with E-state index in [0.717, 1.165) is 35.8 Å². The van der Waals surface area contributed by atoms with E-state index >= 15 is 0 Å². The van der Waals surface area contributed by atoms with Crippen LogP contribution in [0.2, 0.25) is 0 Å². The molecule has 150 valence electrons. The van der Waals surface area contributed by atoms with Crippen molar-refractivity contribution >= 4 is 40.9 Å². The molecule has 0 saturated heterocycles. The Labute approximate surface area is 178 Å². The Morgan fingerprint density at radius 3 is 2.89 bits per heavy atom. The van der Waals surface area contributed by atoms with Gasteiger partial charge in [0, 0.05) is 25.6 Å². The number of aliphatic hydroxyl groups excluding tert-OH is 1. The number of rotatable bonds is 9. The van der Waals surface area contributed by atoms with E-state index in [1.54, 1.807) is 0 Å². The van der Waals surface area contributed by atoms with Gasteiger partial charge in [0.25, 0.3) is 0 Å². The number of nitrogens with zero attached hydrogens (tertiary/aromatic N) is 2. The Bertz CT molecular complexity index is 697. The summed E-state index contributed by atoms with van der Waals surface area (Å²) in [5, 5.41) is 14.4. The molecule has 0 aliphatic heterocycles. The summed E-state index contributed by atoms with van der Waals surface area (Å²) in [7, 11) is 1.96. The van der Waals surface area contributed by atoms with Crippen molar-refractivity contribution in [3.8, 4) is 0 Å². The minimum atomic E-state index is -0.581. The van der Waals surface area contributed by atoms with Crippen molar-refractivity contribution in [2.24, 2.45) is 10.9 Å². The maximum atomic E-state index is 10.1. The number of benzene rings is 1. The predicted molar refractivity (Wildman–Crippen MR) is 119 cm³/mol. The first-order valence-corrected chi connectivity index (χ1v) is 9.38. The number of halogens is 1. The number of guanidine groups is 1. The molecular formula is C20H30IN3O3. The van der Waals surface area contributed by atoms with Crippen LogP contribution in [0.15, 0.2) is 39.7 Å². The monoisotopic (exact) mass is 487 g/mol. The third-order valence-corrected chi connectivity index (χ3v) is 4.38. The fraction of sp³-hybridized carbons (Fsp3) is 0.550. The largest absolute Gasteiger partial charge is 0.459 e. The summed E-state index contributed by atoms with van der Waals surface area (Å²) in [5.74, 6) is 2.33. The van der Waals surface area contributed by atoms with Gasteiger partial charge in [0.05, 0.1) is 25.8 Å². The summed E-state index contributed by atoms with van der Waals surface area (Å²) in [5.41, 5.74) is 0.890. The topological polar surface area (TPSA) is 70.2 Å². The van der Waals surface area contributed by atoms with Crippen LogP contribution in [0.5, 0.6) is 0 Å². The molecule has 7 heteroatoms. The molecule has 2 N–H and O–H groups in total. The lowest BCUT2D eigenvalue weighted by Crippen LogP contribution is -2.39. The van der Waals surface area contributed by atoms with Gasteiger partial charge in [-0.1, -0.05) is 18.2 Å². The number of aliphatic imine (C=N–C) groups is 1. The van der Waals surface area contributed by atoms with Crippen molar-refractivity contribution in [1.82, 2.24) is 10.2 Å². The maximum Gasteiger partial charge on any atom is 0.194 e. The lowest BCUT2D eigenvalue weighted by Gasteiger charge is -2.21. The second kappa shape index (κ2) is 10.9. The highest BCUT2D eigenvalue weighted by atomic mass is 127. The van der Waals surface area contributed by atoms with Crippen LogP contribution in [0.1, 0.15) is 25.5 Å². The van der Waals surface area contributed by atoms with Crippen LogP contribution < -0.4 is 5.32 Å². The SMILES string of the molecule is CCNC(=NCC(O)COCC1CC1)N(C)Cc1cc2ccccc2o1.I. The van der Waals surface area contributed by atoms with E-state index in [1.807, 2.05) is 43.1 Å². The first-order valence-electron chi connectivity index (χ1n) is 9.38. The smallest absolute Gasteiger partial charge is 0.194 e. The standard InChI is InChI=1S/C20H29N3O3.HI/c1-3-21-20(22-11-17(24)14-25-13-15-8-9-15)23(2)12-18-10-16-6-4-5-7-19(16)26-18;/h4-7,10,15,17,24H,3,8-9,11-14H2,1-2H3,(H,21,22);1H. The Morgan fingerprint density at radius 1 is 1.41 bits per heavy atom. The van der Waals surface area contributed by atoms with Crippen LogP contribution in [-0.2, 0) is 11.3 Å². The highest BCUT2D eigenvalue weighted by Gasteiger charge is 2.21. The van der Waals surface area contributed by atoms with Crippen molar-refractivity contribution in [2.45, 2.75) is 32.4 Å². The van der Waals surface area contributed by atoms with Crippen LogP contribution >= 0.6 is 24.0 Å². The highest BCUT2D eigenvalue weighted by molar-refractivity contribution is 14.0. The second-order valence-corrected chi connectivity index (χ2v) is 6.94. The molecule has 6 nitrogen and oxygen atoms in total. The van der Waals surface area contributed by atoms with Crippen molar-refractivity contribution < 1.29 is 14.3 Å². The summed E-state index contributed by atoms with van der Waals surface area (Å²) < 4.78 is 11.4. The average Bonchev–Trinajstić information content (AvgIpc) is 3.36. The van der Waals surface area contributed by atoms with Crippen LogP contribution in [0.4, 0.5) is 0 Å². The van der Waals surface area contributed by atoms with E-state index in [1.165, 1.54) is 12.8 Å². The molecule has 1 aliphatic rings. The summed E-state index contributed by atoms with van der Waals surface area (Å²) in [6.07, 6.45) is 1.93. The Balaban J connectivity index is 0.00000261. The van der Waals surface area contributed by atoms with E-state index in [2.05, 4.69) is 16.4 Å². The molecule has 1 saturated carbocycles. The van der Waals surface area contributed by atoms with Gasteiger partial charge in [0.1, 0.15) is 11.3 Å². The van der Waals surface area contributed by atoms with E-state index in [-0.39, 0.29) is 24.0 Å². The summed E-state index contributed by atoms with van der Waals surface area (Å²) in [6.45, 7) is 4.81. The first-order chi connectivity index (χ1) is 12.7. The van der Waals surface area contributed by atoms with Gasteiger partial charge >= 0.3 is 0 Å². The van der Waals surface area contributed by atoms with Crippen molar-refractivity contribution in [3.63, 3.8) is 0 Å². The van der Waals surface area contributed by atoms with Crippen LogP contribution in [-0.4, -0.2) is 55.4 Å². The summed E-state index contributed by atoms with van der Waals surface area (Å²) >= 11 is 0. The molecule has 1 aromatic heterocycles. The highest BCUT2D eigenvalue weighted by Crippen LogP contribution is 2.28. The number of hydrogen-bond acceptors (Lipinski definition) is 4. The van der Waals surface area contributed by atoms with Crippen LogP contribution in [0.25, 0.3) is 11.0 Å². The van der Waals surface area contributed by atoms with E-state index in [4.69, 9.17) is 9.15 Å². The van der Waals surface area contributed by atoms with Crippen molar-refractivity contribution in [3.05, 3.63) is 36.1 Å². The predicted octanol–water partition coefficient (Wildman–Crippen LogP) is 3.24. The number of para-hydroxylation sites is 1. The van der Waals surface area contributed by atoms with Gasteiger partial charge in [-0.05, 0) is 37.8 Å². The van der Waals surface area contributed by atoms with Crippen molar-refractivity contribution in [1.29, 1.82) is 0 Å². The molecule has 27 heavy (non-hydrogen) atoms. The fourth-order valence-electron chi connectivity index (χ4n) is 2.79. The number of hydrogen-bond donors (Lipinski definition) is 2. The quantitative estimate of drug-likeness (QED) is 0.323. The fourth-order valence-corrected chi connectivity index (χ4v) is 2.79. The van der Waals surface area contributed by atoms with Gasteiger partial charge in [0.2, 0.25) is 0 Å². The zero-order valence-corrected chi connectivity index (χ0v) is 18.4. The van der Waals surface area contributed by atoms with E-state index in [9.17, 15) is 5.11 Å². The average molecular weight is 487 g/mol. The zero-order chi connectivity index (χ0) is 18.4. The molecule has 1 fully saturated rings. The number of aliphatic hydroxyl groups is 1. The maximum absolute atomic E-state index is 10.1. The van der Waals surface area contributed by atoms with Gasteiger partial charge in [0.15, 0.2) is 5.96 Å². The Kier molecular flexibility index (Phi) is 8.85. The number of fused-ring (bicyclic) bond motifs is 1. The van der Waals surface area contributed by atoms with Gasteiger partial charge in [-0.2, -0.15) is 0 Å². The molecule has 1 aliphatic carbocycles. The minimum Gasteiger partial charge on any atom is -0.459 e. The third kappa shape index (κ3) is 6.97. The van der Waals surface area contributed by atoms with Gasteiger partial charge in [-0.25, -0.2) is 0 Å². The van der Waals surface area contributed by atoms with Crippen LogP contribution in [0, 0.1) is 5.92 Å². The lowest BCUT2D eigenvalue weighted by atomic mass is 10.2. The molecule has 0 radical (unpaired) electrons. The molecule has 1 aromatic carbocycles. The Morgan fingerprint density at radius 2 is 2.19 bits per heavy atom. The third-order valence-electron chi connectivity index (χ3n) is 4.38. The lowest BCUT2D eigenvalue weighted by molar-refractivity contribution is 0.0367. The van der Waals surface area contributed by atoms with E-state index < -0.39 is 6.10 Å². The van der Waals surface area contributed by atoms with E-state index in [0.29, 0.717) is 25.6 Å². The normalized spacial score (nSPS) is 15.4. The van der Waals surface area contributed by atoms with Gasteiger partial charge < -0.3 is 24.5 Å². The molecule has 2 aromatic rings. The summed E-state index contributed by atoms with van der Waals surface area (Å²) in [4.78, 5) is 6.54. The number of furan rings is 1. The molecule has 1 unspecified atom stereocenters.